The van der Waals surface area contributed by atoms with Gasteiger partial charge >= 0.3 is 19.5 Å². The molecule has 0 aromatic heterocycles. The van der Waals surface area contributed by atoms with E-state index in [4.69, 9.17) is 10.0 Å². The fourth-order valence-corrected chi connectivity index (χ4v) is 1.93. The van der Waals surface area contributed by atoms with Crippen molar-refractivity contribution in [2.24, 2.45) is 0 Å². The van der Waals surface area contributed by atoms with E-state index >= 15 is 0 Å². The summed E-state index contributed by atoms with van der Waals surface area (Å²) in [5, 5.41) is 17.9. The Balaban J connectivity index is 3.80. The Hall–Kier alpha value is -1.22. The molecule has 0 aliphatic rings. The highest BCUT2D eigenvalue weighted by molar-refractivity contribution is 6.59. The van der Waals surface area contributed by atoms with Gasteiger partial charge in [0.2, 0.25) is 0 Å². The van der Waals surface area contributed by atoms with Gasteiger partial charge in [0, 0.05) is 0 Å². The van der Waals surface area contributed by atoms with Gasteiger partial charge in [-0.15, -0.1) is 0 Å². The molecule has 1 aromatic rings. The fraction of sp³-hybridized carbons (Fsp3) is 0.500. The molecule has 0 aliphatic carbocycles. The monoisotopic (exact) mass is 314 g/mol. The molecule has 0 amide bonds. The first kappa shape index (κ1) is 17.8. The highest BCUT2D eigenvalue weighted by Crippen LogP contribution is 2.40. The van der Waals surface area contributed by atoms with Gasteiger partial charge < -0.3 is 10.0 Å². The maximum absolute atomic E-state index is 13.0. The van der Waals surface area contributed by atoms with Crippen LogP contribution >= 0.6 is 0 Å². The lowest BCUT2D eigenvalue weighted by atomic mass is 9.72. The van der Waals surface area contributed by atoms with Gasteiger partial charge in [-0.25, -0.2) is 0 Å². The van der Waals surface area contributed by atoms with E-state index in [1.807, 2.05) is 0 Å². The first-order chi connectivity index (χ1) is 9.15. The summed E-state index contributed by atoms with van der Waals surface area (Å²) in [6, 6.07) is 0.478. The SMILES string of the molecule is CC(C)(C)c1cc(C(F)(F)F)c(B(O)O)cc1C(F)(F)F. The number of hydrogen-bond donors (Lipinski definition) is 2. The Kier molecular flexibility index (Phi) is 4.42. The molecule has 1 aromatic carbocycles. The predicted molar refractivity (Wildman–Crippen MR) is 65.0 cm³/mol. The Morgan fingerprint density at radius 1 is 0.762 bits per heavy atom. The van der Waals surface area contributed by atoms with Crippen molar-refractivity contribution >= 4 is 12.6 Å². The van der Waals surface area contributed by atoms with Crippen LogP contribution in [0.3, 0.4) is 0 Å². The largest absolute Gasteiger partial charge is 0.489 e. The zero-order valence-electron chi connectivity index (χ0n) is 11.4. The van der Waals surface area contributed by atoms with Crippen molar-refractivity contribution in [1.29, 1.82) is 0 Å². The molecule has 0 heterocycles. The quantitative estimate of drug-likeness (QED) is 0.618. The van der Waals surface area contributed by atoms with Gasteiger partial charge in [-0.2, -0.15) is 26.3 Å². The number of alkyl halides is 6. The summed E-state index contributed by atoms with van der Waals surface area (Å²) in [5.74, 6) is 0. The molecule has 0 saturated heterocycles. The van der Waals surface area contributed by atoms with Crippen molar-refractivity contribution in [1.82, 2.24) is 0 Å². The second-order valence-corrected chi connectivity index (χ2v) is 5.60. The molecule has 21 heavy (non-hydrogen) atoms. The topological polar surface area (TPSA) is 40.5 Å². The summed E-state index contributed by atoms with van der Waals surface area (Å²) in [6.07, 6.45) is -9.90. The second-order valence-electron chi connectivity index (χ2n) is 5.60. The Bertz CT molecular complexity index is 528. The minimum absolute atomic E-state index is 0.147. The number of halogens is 6. The third kappa shape index (κ3) is 3.91. The lowest BCUT2D eigenvalue weighted by Gasteiger charge is -2.27. The van der Waals surface area contributed by atoms with E-state index in [0.717, 1.165) is 0 Å². The van der Waals surface area contributed by atoms with Crippen LogP contribution < -0.4 is 5.46 Å². The van der Waals surface area contributed by atoms with Gasteiger partial charge in [-0.3, -0.25) is 0 Å². The molecule has 0 fully saturated rings. The van der Waals surface area contributed by atoms with E-state index in [-0.39, 0.29) is 6.07 Å². The summed E-state index contributed by atoms with van der Waals surface area (Å²) < 4.78 is 77.7. The molecule has 0 bridgehead atoms. The zero-order valence-corrected chi connectivity index (χ0v) is 11.4. The number of benzene rings is 1. The molecular formula is C12H13BF6O2. The van der Waals surface area contributed by atoms with E-state index in [9.17, 15) is 26.3 Å². The minimum atomic E-state index is -5.00. The van der Waals surface area contributed by atoms with E-state index in [2.05, 4.69) is 0 Å². The Labute approximate surface area is 117 Å². The van der Waals surface area contributed by atoms with E-state index in [1.165, 1.54) is 20.8 Å². The molecule has 0 spiro atoms. The number of hydrogen-bond acceptors (Lipinski definition) is 2. The van der Waals surface area contributed by atoms with E-state index in [0.29, 0.717) is 6.07 Å². The van der Waals surface area contributed by atoms with Crippen LogP contribution in [0.4, 0.5) is 26.3 Å². The van der Waals surface area contributed by atoms with Crippen LogP contribution in [0.25, 0.3) is 0 Å². The highest BCUT2D eigenvalue weighted by Gasteiger charge is 2.43. The first-order valence-electron chi connectivity index (χ1n) is 5.84. The standard InChI is InChI=1S/C12H13BF6O2/c1-10(2,3)6-4-8(12(17,18)19)9(13(20)21)5-7(6)11(14,15)16/h4-5,20-21H,1-3H3. The average molecular weight is 314 g/mol. The number of rotatable bonds is 1. The molecular weight excluding hydrogens is 301 g/mol. The fourth-order valence-electron chi connectivity index (χ4n) is 1.93. The molecule has 1 rings (SSSR count). The van der Waals surface area contributed by atoms with E-state index < -0.39 is 47.0 Å². The van der Waals surface area contributed by atoms with Gasteiger partial charge in [0.1, 0.15) is 0 Å². The van der Waals surface area contributed by atoms with Gasteiger partial charge in [-0.05, 0) is 28.6 Å². The van der Waals surface area contributed by atoms with Crippen molar-refractivity contribution in [2.45, 2.75) is 38.5 Å². The lowest BCUT2D eigenvalue weighted by Crippen LogP contribution is -2.38. The smallest absolute Gasteiger partial charge is 0.423 e. The van der Waals surface area contributed by atoms with Gasteiger partial charge in [0.25, 0.3) is 0 Å². The third-order valence-electron chi connectivity index (χ3n) is 2.89. The average Bonchev–Trinajstić information content (AvgIpc) is 2.23. The van der Waals surface area contributed by atoms with Crippen molar-refractivity contribution < 1.29 is 36.4 Å². The summed E-state index contributed by atoms with van der Waals surface area (Å²) in [6.45, 7) is 4.02. The maximum atomic E-state index is 13.0. The normalized spacial score (nSPS) is 13.5. The highest BCUT2D eigenvalue weighted by atomic mass is 19.4. The van der Waals surface area contributed by atoms with Crippen LogP contribution in [-0.2, 0) is 17.8 Å². The van der Waals surface area contributed by atoms with Crippen molar-refractivity contribution in [3.8, 4) is 0 Å². The summed E-state index contributed by atoms with van der Waals surface area (Å²) in [5.41, 5.74) is -5.79. The Morgan fingerprint density at radius 2 is 1.19 bits per heavy atom. The zero-order chi connectivity index (χ0) is 16.8. The van der Waals surface area contributed by atoms with Crippen LogP contribution in [-0.4, -0.2) is 17.2 Å². The molecule has 2 N–H and O–H groups in total. The van der Waals surface area contributed by atoms with Crippen LogP contribution in [0, 0.1) is 0 Å². The van der Waals surface area contributed by atoms with Crippen LogP contribution in [0.2, 0.25) is 0 Å². The summed E-state index contributed by atoms with van der Waals surface area (Å²) in [4.78, 5) is 0. The predicted octanol–water partition coefficient (Wildman–Crippen LogP) is 2.70. The molecule has 0 atom stereocenters. The van der Waals surface area contributed by atoms with Crippen molar-refractivity contribution in [2.75, 3.05) is 0 Å². The lowest BCUT2D eigenvalue weighted by molar-refractivity contribution is -0.141. The molecule has 0 aliphatic heterocycles. The van der Waals surface area contributed by atoms with Gasteiger partial charge in [0.15, 0.2) is 0 Å². The van der Waals surface area contributed by atoms with Gasteiger partial charge in [0.05, 0.1) is 11.1 Å². The summed E-state index contributed by atoms with van der Waals surface area (Å²) in [7, 11) is -2.66. The molecule has 0 unspecified atom stereocenters. The van der Waals surface area contributed by atoms with E-state index in [1.54, 1.807) is 0 Å². The third-order valence-corrected chi connectivity index (χ3v) is 2.89. The van der Waals surface area contributed by atoms with Crippen LogP contribution in [0.1, 0.15) is 37.5 Å². The van der Waals surface area contributed by atoms with Gasteiger partial charge in [-0.1, -0.05) is 20.8 Å². The Morgan fingerprint density at radius 3 is 1.48 bits per heavy atom. The molecule has 0 radical (unpaired) electrons. The maximum Gasteiger partial charge on any atom is 0.489 e. The second kappa shape index (κ2) is 5.21. The molecule has 118 valence electrons. The molecule has 9 heteroatoms. The molecule has 0 saturated carbocycles. The molecule has 2 nitrogen and oxygen atoms in total. The minimum Gasteiger partial charge on any atom is -0.423 e. The summed E-state index contributed by atoms with van der Waals surface area (Å²) >= 11 is 0. The van der Waals surface area contributed by atoms with Crippen LogP contribution in [0.15, 0.2) is 12.1 Å². The first-order valence-corrected chi connectivity index (χ1v) is 5.84. The van der Waals surface area contributed by atoms with Crippen molar-refractivity contribution in [3.05, 3.63) is 28.8 Å². The van der Waals surface area contributed by atoms with Crippen LogP contribution in [0.5, 0.6) is 0 Å². The van der Waals surface area contributed by atoms with Crippen molar-refractivity contribution in [3.63, 3.8) is 0 Å².